The fraction of sp³-hybridized carbons (Fsp3) is 0.500. The van der Waals surface area contributed by atoms with Gasteiger partial charge in [0, 0.05) is 20.2 Å². The molecule has 0 aliphatic heterocycles. The van der Waals surface area contributed by atoms with Crippen molar-refractivity contribution in [2.45, 2.75) is 6.61 Å². The molecule has 0 bridgehead atoms. The summed E-state index contributed by atoms with van der Waals surface area (Å²) in [6.45, 7) is -2.83. The highest BCUT2D eigenvalue weighted by Crippen LogP contribution is 2.16. The number of ether oxygens (including phenoxy) is 1. The molecule has 0 aromatic carbocycles. The molecule has 68 valence electrons. The number of hydrogen-bond donors (Lipinski definition) is 1. The number of aromatic nitrogens is 2. The van der Waals surface area contributed by atoms with Crippen LogP contribution in [0.2, 0.25) is 0 Å². The van der Waals surface area contributed by atoms with Gasteiger partial charge in [-0.05, 0) is 0 Å². The van der Waals surface area contributed by atoms with Gasteiger partial charge in [-0.3, -0.25) is 0 Å². The highest BCUT2D eigenvalue weighted by Gasteiger charge is 2.09. The zero-order chi connectivity index (χ0) is 9.14. The summed E-state index contributed by atoms with van der Waals surface area (Å²) in [7, 11) is 3.30. The van der Waals surface area contributed by atoms with Gasteiger partial charge >= 0.3 is 6.61 Å². The van der Waals surface area contributed by atoms with Gasteiger partial charge in [0.1, 0.15) is 5.82 Å². The number of rotatable bonds is 3. The molecule has 12 heavy (non-hydrogen) atoms. The molecular weight excluding hydrogens is 168 g/mol. The maximum absolute atomic E-state index is 11.7. The van der Waals surface area contributed by atoms with E-state index in [0.717, 1.165) is 0 Å². The van der Waals surface area contributed by atoms with Crippen LogP contribution in [0.15, 0.2) is 6.07 Å². The zero-order valence-electron chi connectivity index (χ0n) is 6.71. The monoisotopic (exact) mass is 177 g/mol. The molecule has 0 aliphatic rings. The molecule has 0 unspecified atom stereocenters. The van der Waals surface area contributed by atoms with E-state index in [-0.39, 0.29) is 5.88 Å². The fourth-order valence-electron chi connectivity index (χ4n) is 0.824. The summed E-state index contributed by atoms with van der Waals surface area (Å²) in [5.41, 5.74) is 0. The van der Waals surface area contributed by atoms with E-state index in [4.69, 9.17) is 0 Å². The van der Waals surface area contributed by atoms with Crippen molar-refractivity contribution in [3.8, 4) is 5.88 Å². The van der Waals surface area contributed by atoms with Crippen LogP contribution in [0, 0.1) is 0 Å². The lowest BCUT2D eigenvalue weighted by Crippen LogP contribution is -2.03. The minimum Gasteiger partial charge on any atom is -0.415 e. The Bertz CT molecular complexity index is 261. The molecule has 0 atom stereocenters. The second-order valence-corrected chi connectivity index (χ2v) is 2.12. The van der Waals surface area contributed by atoms with Gasteiger partial charge in [0.2, 0.25) is 5.88 Å². The third kappa shape index (κ3) is 1.84. The Labute approximate surface area is 68.1 Å². The van der Waals surface area contributed by atoms with E-state index in [0.29, 0.717) is 5.82 Å². The molecule has 0 aliphatic carbocycles. The summed E-state index contributed by atoms with van der Waals surface area (Å²) in [6.07, 6.45) is 0. The first kappa shape index (κ1) is 8.76. The highest BCUT2D eigenvalue weighted by atomic mass is 19.3. The maximum atomic E-state index is 11.7. The normalized spacial score (nSPS) is 10.4. The molecule has 1 N–H and O–H groups in total. The first-order valence-electron chi connectivity index (χ1n) is 3.30. The van der Waals surface area contributed by atoms with E-state index >= 15 is 0 Å². The van der Waals surface area contributed by atoms with E-state index in [1.165, 1.54) is 10.7 Å². The van der Waals surface area contributed by atoms with E-state index < -0.39 is 6.61 Å². The van der Waals surface area contributed by atoms with Crippen LogP contribution >= 0.6 is 0 Å². The maximum Gasteiger partial charge on any atom is 0.388 e. The van der Waals surface area contributed by atoms with Crippen molar-refractivity contribution in [1.29, 1.82) is 0 Å². The minimum absolute atomic E-state index is 0.0862. The largest absolute Gasteiger partial charge is 0.415 e. The average Bonchev–Trinajstić information content (AvgIpc) is 2.29. The standard InChI is InChI=1S/C6H9F2N3O/c1-9-4-3-5(10-11(4)2)12-6(7)8/h3,6,9H,1-2H3. The molecule has 0 saturated heterocycles. The summed E-state index contributed by atoms with van der Waals surface area (Å²) in [5, 5.41) is 6.44. The Morgan fingerprint density at radius 1 is 1.67 bits per heavy atom. The van der Waals surface area contributed by atoms with Gasteiger partial charge in [-0.25, -0.2) is 4.68 Å². The molecular formula is C6H9F2N3O. The van der Waals surface area contributed by atoms with Gasteiger partial charge in [-0.15, -0.1) is 5.10 Å². The number of anilines is 1. The smallest absolute Gasteiger partial charge is 0.388 e. The third-order valence-electron chi connectivity index (χ3n) is 1.32. The van der Waals surface area contributed by atoms with Crippen LogP contribution in [0.25, 0.3) is 0 Å². The second-order valence-electron chi connectivity index (χ2n) is 2.12. The number of nitrogens with one attached hydrogen (secondary N) is 1. The van der Waals surface area contributed by atoms with E-state index in [1.807, 2.05) is 0 Å². The summed E-state index contributed by atoms with van der Waals surface area (Å²) < 4.78 is 28.8. The Balaban J connectivity index is 2.75. The van der Waals surface area contributed by atoms with Gasteiger partial charge in [-0.1, -0.05) is 0 Å². The lowest BCUT2D eigenvalue weighted by atomic mass is 10.6. The Kier molecular flexibility index (Phi) is 2.47. The van der Waals surface area contributed by atoms with E-state index in [2.05, 4.69) is 15.2 Å². The van der Waals surface area contributed by atoms with Crippen molar-refractivity contribution in [2.24, 2.45) is 7.05 Å². The van der Waals surface area contributed by atoms with Gasteiger partial charge in [0.15, 0.2) is 0 Å². The number of hydrogen-bond acceptors (Lipinski definition) is 3. The third-order valence-corrected chi connectivity index (χ3v) is 1.32. The van der Waals surface area contributed by atoms with Crippen LogP contribution in [0.4, 0.5) is 14.6 Å². The van der Waals surface area contributed by atoms with Crippen LogP contribution in [0.3, 0.4) is 0 Å². The minimum atomic E-state index is -2.83. The van der Waals surface area contributed by atoms with Crippen LogP contribution < -0.4 is 10.1 Å². The molecule has 4 nitrogen and oxygen atoms in total. The Morgan fingerprint density at radius 3 is 2.75 bits per heavy atom. The van der Waals surface area contributed by atoms with E-state index in [9.17, 15) is 8.78 Å². The predicted octanol–water partition coefficient (Wildman–Crippen LogP) is 1.06. The molecule has 1 heterocycles. The molecule has 0 saturated carbocycles. The quantitative estimate of drug-likeness (QED) is 0.750. The van der Waals surface area contributed by atoms with Crippen LogP contribution in [0.1, 0.15) is 0 Å². The van der Waals surface area contributed by atoms with Crippen molar-refractivity contribution >= 4 is 5.82 Å². The topological polar surface area (TPSA) is 39.1 Å². The van der Waals surface area contributed by atoms with Crippen molar-refractivity contribution in [3.63, 3.8) is 0 Å². The van der Waals surface area contributed by atoms with Crippen molar-refractivity contribution < 1.29 is 13.5 Å². The van der Waals surface area contributed by atoms with Crippen molar-refractivity contribution in [3.05, 3.63) is 6.07 Å². The molecule has 6 heteroatoms. The van der Waals surface area contributed by atoms with Crippen LogP contribution in [-0.2, 0) is 7.05 Å². The number of alkyl halides is 2. The summed E-state index contributed by atoms with van der Waals surface area (Å²) in [4.78, 5) is 0. The van der Waals surface area contributed by atoms with Crippen molar-refractivity contribution in [2.75, 3.05) is 12.4 Å². The van der Waals surface area contributed by atoms with Gasteiger partial charge < -0.3 is 10.1 Å². The Morgan fingerprint density at radius 2 is 2.33 bits per heavy atom. The van der Waals surface area contributed by atoms with Crippen LogP contribution in [0.5, 0.6) is 5.88 Å². The summed E-state index contributed by atoms with van der Waals surface area (Å²) in [6, 6.07) is 1.40. The highest BCUT2D eigenvalue weighted by molar-refractivity contribution is 5.38. The molecule has 0 fully saturated rings. The first-order valence-corrected chi connectivity index (χ1v) is 3.30. The lowest BCUT2D eigenvalue weighted by molar-refractivity contribution is -0.0531. The Hall–Kier alpha value is -1.33. The van der Waals surface area contributed by atoms with Crippen molar-refractivity contribution in [1.82, 2.24) is 9.78 Å². The number of nitrogens with zero attached hydrogens (tertiary/aromatic N) is 2. The van der Waals surface area contributed by atoms with Gasteiger partial charge in [-0.2, -0.15) is 8.78 Å². The number of halogens is 2. The van der Waals surface area contributed by atoms with Gasteiger partial charge in [0.05, 0.1) is 0 Å². The molecule has 0 amide bonds. The van der Waals surface area contributed by atoms with Gasteiger partial charge in [0.25, 0.3) is 0 Å². The summed E-state index contributed by atoms with van der Waals surface area (Å²) in [5.74, 6) is 0.530. The van der Waals surface area contributed by atoms with E-state index in [1.54, 1.807) is 14.1 Å². The SMILES string of the molecule is CNc1cc(OC(F)F)nn1C. The first-order chi connectivity index (χ1) is 5.63. The zero-order valence-corrected chi connectivity index (χ0v) is 6.71. The fourth-order valence-corrected chi connectivity index (χ4v) is 0.824. The molecule has 0 radical (unpaired) electrons. The second kappa shape index (κ2) is 3.38. The number of aryl methyl sites for hydroxylation is 1. The molecule has 1 aromatic heterocycles. The average molecular weight is 177 g/mol. The lowest BCUT2D eigenvalue weighted by Gasteiger charge is -1.96. The molecule has 1 rings (SSSR count). The summed E-state index contributed by atoms with van der Waals surface area (Å²) >= 11 is 0. The van der Waals surface area contributed by atoms with Crippen LogP contribution in [-0.4, -0.2) is 23.4 Å². The predicted molar refractivity (Wildman–Crippen MR) is 39.4 cm³/mol. The molecule has 1 aromatic rings. The molecule has 0 spiro atoms.